The lowest BCUT2D eigenvalue weighted by molar-refractivity contribution is -0.305. The molecule has 7 nitrogen and oxygen atoms in total. The maximum atomic E-state index is 11.5. The molecule has 1 amide bonds. The molecule has 0 saturated carbocycles. The van der Waals surface area contributed by atoms with Gasteiger partial charge in [0.2, 0.25) is 5.91 Å². The minimum atomic E-state index is -1.27. The SMILES string of the molecule is COc1cccc(/C=N\N=C2/NC(=O)[C@H](CC(=O)[O-])S2)c1. The van der Waals surface area contributed by atoms with Crippen LogP contribution >= 0.6 is 11.8 Å². The molecule has 1 aliphatic heterocycles. The Morgan fingerprint density at radius 3 is 3.10 bits per heavy atom. The van der Waals surface area contributed by atoms with Gasteiger partial charge in [-0.3, -0.25) is 4.79 Å². The lowest BCUT2D eigenvalue weighted by Crippen LogP contribution is -2.31. The van der Waals surface area contributed by atoms with Crippen LogP contribution in [0.3, 0.4) is 0 Å². The highest BCUT2D eigenvalue weighted by molar-refractivity contribution is 8.15. The molecular weight excluding hydrogens is 294 g/mol. The molecule has 0 bridgehead atoms. The largest absolute Gasteiger partial charge is 0.550 e. The lowest BCUT2D eigenvalue weighted by Gasteiger charge is -2.04. The molecule has 1 saturated heterocycles. The third-order valence-corrected chi connectivity index (χ3v) is 3.65. The van der Waals surface area contributed by atoms with E-state index in [4.69, 9.17) is 4.74 Å². The number of carbonyl (C=O) groups excluding carboxylic acids is 2. The van der Waals surface area contributed by atoms with Crippen LogP contribution < -0.4 is 15.2 Å². The molecule has 0 spiro atoms. The molecule has 0 radical (unpaired) electrons. The van der Waals surface area contributed by atoms with E-state index in [-0.39, 0.29) is 11.6 Å². The van der Waals surface area contributed by atoms with Crippen LogP contribution in [-0.4, -0.2) is 35.6 Å². The zero-order valence-corrected chi connectivity index (χ0v) is 11.9. The number of carboxylic acids is 1. The number of nitrogens with zero attached hydrogens (tertiary/aromatic N) is 2. The summed E-state index contributed by atoms with van der Waals surface area (Å²) in [5, 5.41) is 20.2. The molecule has 110 valence electrons. The number of ether oxygens (including phenoxy) is 1. The van der Waals surface area contributed by atoms with Crippen LogP contribution in [0.5, 0.6) is 5.75 Å². The average molecular weight is 306 g/mol. The Hall–Kier alpha value is -2.35. The third kappa shape index (κ3) is 4.32. The van der Waals surface area contributed by atoms with Crippen LogP contribution in [0, 0.1) is 0 Å². The summed E-state index contributed by atoms with van der Waals surface area (Å²) in [5.41, 5.74) is 0.791. The Bertz CT molecular complexity index is 615. The summed E-state index contributed by atoms with van der Waals surface area (Å²) in [6.07, 6.45) is 1.16. The summed E-state index contributed by atoms with van der Waals surface area (Å²) in [6.45, 7) is 0. The molecule has 0 aromatic heterocycles. The normalized spacial score (nSPS) is 20.0. The van der Waals surface area contributed by atoms with Gasteiger partial charge in [-0.2, -0.15) is 5.10 Å². The first-order chi connectivity index (χ1) is 10.1. The first-order valence-electron chi connectivity index (χ1n) is 6.01. The van der Waals surface area contributed by atoms with Gasteiger partial charge in [-0.1, -0.05) is 23.9 Å². The zero-order chi connectivity index (χ0) is 15.2. The van der Waals surface area contributed by atoms with Gasteiger partial charge in [0, 0.05) is 12.4 Å². The number of rotatable bonds is 5. The van der Waals surface area contributed by atoms with E-state index in [2.05, 4.69) is 15.5 Å². The van der Waals surface area contributed by atoms with Crippen molar-refractivity contribution in [2.75, 3.05) is 7.11 Å². The minimum absolute atomic E-state index is 0.269. The number of benzene rings is 1. The highest BCUT2D eigenvalue weighted by atomic mass is 32.2. The Balaban J connectivity index is 1.99. The summed E-state index contributed by atoms with van der Waals surface area (Å²) in [6, 6.07) is 7.23. The van der Waals surface area contributed by atoms with Crippen molar-refractivity contribution >= 4 is 35.0 Å². The van der Waals surface area contributed by atoms with Crippen LogP contribution in [0.15, 0.2) is 34.5 Å². The van der Waals surface area contributed by atoms with E-state index >= 15 is 0 Å². The van der Waals surface area contributed by atoms with E-state index < -0.39 is 17.1 Å². The van der Waals surface area contributed by atoms with E-state index in [1.54, 1.807) is 19.2 Å². The molecule has 1 N–H and O–H groups in total. The molecule has 0 unspecified atom stereocenters. The van der Waals surface area contributed by atoms with Crippen LogP contribution in [0.2, 0.25) is 0 Å². The van der Waals surface area contributed by atoms with Gasteiger partial charge < -0.3 is 20.0 Å². The van der Waals surface area contributed by atoms with Crippen molar-refractivity contribution in [3.63, 3.8) is 0 Å². The van der Waals surface area contributed by atoms with Crippen molar-refractivity contribution in [3.8, 4) is 5.75 Å². The van der Waals surface area contributed by atoms with E-state index in [1.165, 1.54) is 6.21 Å². The molecular formula is C13H12N3O4S-. The Morgan fingerprint density at radius 1 is 1.57 bits per heavy atom. The first kappa shape index (κ1) is 15.0. The summed E-state index contributed by atoms with van der Waals surface area (Å²) >= 11 is 1.02. The number of thioether (sulfide) groups is 1. The molecule has 0 aliphatic carbocycles. The number of hydrogen-bond donors (Lipinski definition) is 1. The molecule has 1 aliphatic rings. The van der Waals surface area contributed by atoms with Gasteiger partial charge in [0.1, 0.15) is 5.75 Å². The van der Waals surface area contributed by atoms with E-state index in [0.717, 1.165) is 17.3 Å². The number of nitrogens with one attached hydrogen (secondary N) is 1. The Kier molecular flexibility index (Phi) is 4.94. The van der Waals surface area contributed by atoms with E-state index in [9.17, 15) is 14.7 Å². The van der Waals surface area contributed by atoms with Crippen LogP contribution in [0.25, 0.3) is 0 Å². The van der Waals surface area contributed by atoms with Crippen LogP contribution in [0.1, 0.15) is 12.0 Å². The highest BCUT2D eigenvalue weighted by Gasteiger charge is 2.30. The maximum absolute atomic E-state index is 11.5. The summed E-state index contributed by atoms with van der Waals surface area (Å²) < 4.78 is 5.08. The molecule has 2 rings (SSSR count). The lowest BCUT2D eigenvalue weighted by atomic mass is 10.2. The molecule has 1 atom stereocenters. The molecule has 1 aromatic rings. The van der Waals surface area contributed by atoms with E-state index in [0.29, 0.717) is 5.75 Å². The second kappa shape index (κ2) is 6.89. The van der Waals surface area contributed by atoms with Crippen LogP contribution in [-0.2, 0) is 9.59 Å². The number of amides is 1. The number of carbonyl (C=O) groups is 2. The third-order valence-electron chi connectivity index (χ3n) is 2.58. The van der Waals surface area contributed by atoms with Gasteiger partial charge in [-0.15, -0.1) is 5.10 Å². The predicted molar refractivity (Wildman–Crippen MR) is 77.2 cm³/mol. The van der Waals surface area contributed by atoms with Crippen LogP contribution in [0.4, 0.5) is 0 Å². The number of methoxy groups -OCH3 is 1. The smallest absolute Gasteiger partial charge is 0.239 e. The van der Waals surface area contributed by atoms with Gasteiger partial charge in [0.25, 0.3) is 0 Å². The fraction of sp³-hybridized carbons (Fsp3) is 0.231. The standard InChI is InChI=1S/C13H13N3O4S/c1-20-9-4-2-3-8(5-9)7-14-16-13-15-12(19)10(21-13)6-11(17)18/h2-5,7,10H,6H2,1H3,(H,17,18)(H,15,16,19)/p-1/b14-7-/t10-/m0/s1. The van der Waals surface area contributed by atoms with Gasteiger partial charge in [0.15, 0.2) is 5.17 Å². The van der Waals surface area contributed by atoms with Gasteiger partial charge in [-0.25, -0.2) is 0 Å². The second-order valence-electron chi connectivity index (χ2n) is 4.10. The quantitative estimate of drug-likeness (QED) is 0.597. The van der Waals surface area contributed by atoms with Crippen molar-refractivity contribution in [2.45, 2.75) is 11.7 Å². The second-order valence-corrected chi connectivity index (χ2v) is 5.29. The van der Waals surface area contributed by atoms with Gasteiger partial charge in [-0.05, 0) is 17.7 Å². The van der Waals surface area contributed by atoms with Crippen molar-refractivity contribution in [1.82, 2.24) is 5.32 Å². The van der Waals surface area contributed by atoms with E-state index in [1.807, 2.05) is 12.1 Å². The van der Waals surface area contributed by atoms with Crippen molar-refractivity contribution < 1.29 is 19.4 Å². The van der Waals surface area contributed by atoms with Crippen molar-refractivity contribution in [1.29, 1.82) is 0 Å². The van der Waals surface area contributed by atoms with Crippen molar-refractivity contribution in [2.24, 2.45) is 10.2 Å². The topological polar surface area (TPSA) is 103 Å². The number of hydrogen-bond acceptors (Lipinski definition) is 7. The van der Waals surface area contributed by atoms with Crippen molar-refractivity contribution in [3.05, 3.63) is 29.8 Å². The fourth-order valence-corrected chi connectivity index (χ4v) is 2.52. The highest BCUT2D eigenvalue weighted by Crippen LogP contribution is 2.22. The molecule has 1 heterocycles. The number of aliphatic carboxylic acids is 1. The Morgan fingerprint density at radius 2 is 2.38 bits per heavy atom. The predicted octanol–water partition coefficient (Wildman–Crippen LogP) is -0.243. The van der Waals surface area contributed by atoms with Gasteiger partial charge in [0.05, 0.1) is 18.6 Å². The maximum Gasteiger partial charge on any atom is 0.239 e. The molecule has 1 aromatic carbocycles. The Labute approximate surface area is 125 Å². The minimum Gasteiger partial charge on any atom is -0.550 e. The monoisotopic (exact) mass is 306 g/mol. The first-order valence-corrected chi connectivity index (χ1v) is 6.89. The average Bonchev–Trinajstić information content (AvgIpc) is 2.78. The number of carboxylic acid groups (broad SMARTS) is 1. The van der Waals surface area contributed by atoms with Gasteiger partial charge >= 0.3 is 0 Å². The molecule has 8 heteroatoms. The summed E-state index contributed by atoms with van der Waals surface area (Å²) in [5.74, 6) is -0.979. The zero-order valence-electron chi connectivity index (χ0n) is 11.1. The summed E-state index contributed by atoms with van der Waals surface area (Å²) in [7, 11) is 1.57. The number of amidine groups is 1. The fourth-order valence-electron chi connectivity index (χ4n) is 1.61. The molecule has 21 heavy (non-hydrogen) atoms. The molecule has 1 fully saturated rings. The summed E-state index contributed by atoms with van der Waals surface area (Å²) in [4.78, 5) is 21.9.